The molecule has 1 aliphatic carbocycles. The summed E-state index contributed by atoms with van der Waals surface area (Å²) < 4.78 is 28.6. The number of rotatable bonds is 7. The largest absolute Gasteiger partial charge is 0.492 e. The molecule has 1 aromatic heterocycles. The van der Waals surface area contributed by atoms with Crippen LogP contribution in [0.1, 0.15) is 62.9 Å². The van der Waals surface area contributed by atoms with Crippen LogP contribution < -0.4 is 15.1 Å². The van der Waals surface area contributed by atoms with Crippen molar-refractivity contribution in [2.45, 2.75) is 64.1 Å². The van der Waals surface area contributed by atoms with Gasteiger partial charge in [0, 0.05) is 32.4 Å². The van der Waals surface area contributed by atoms with E-state index in [4.69, 9.17) is 9.47 Å². The molecule has 10 nitrogen and oxygen atoms in total. The van der Waals surface area contributed by atoms with Crippen molar-refractivity contribution < 1.29 is 28.6 Å². The van der Waals surface area contributed by atoms with E-state index < -0.39 is 40.5 Å². The van der Waals surface area contributed by atoms with Crippen LogP contribution in [0, 0.1) is 23.1 Å². The predicted molar refractivity (Wildman–Crippen MR) is 138 cm³/mol. The lowest BCUT2D eigenvalue weighted by Gasteiger charge is -2.33. The highest BCUT2D eigenvalue weighted by Crippen LogP contribution is 2.45. The van der Waals surface area contributed by atoms with Gasteiger partial charge in [-0.2, -0.15) is 5.26 Å². The van der Waals surface area contributed by atoms with Gasteiger partial charge in [0.2, 0.25) is 5.43 Å². The molecule has 2 aliphatic rings. The second-order valence-electron chi connectivity index (χ2n) is 11.0. The number of methoxy groups -OCH3 is 1. The van der Waals surface area contributed by atoms with Crippen molar-refractivity contribution in [2.75, 3.05) is 32.1 Å². The van der Waals surface area contributed by atoms with Crippen LogP contribution in [0.2, 0.25) is 0 Å². The van der Waals surface area contributed by atoms with Crippen LogP contribution in [0.5, 0.6) is 5.75 Å². The second-order valence-corrected chi connectivity index (χ2v) is 11.0. The maximum atomic E-state index is 15.7. The van der Waals surface area contributed by atoms with E-state index in [1.807, 2.05) is 0 Å². The molecule has 2 heterocycles. The SMILES string of the molecule is COc1c(N2CCC(C(CC#N)N(C)C(=O)OC(C)(C)C)C2)c(F)cc2c(=O)c(C(=O)O)cn(C3CC3)c12. The summed E-state index contributed by atoms with van der Waals surface area (Å²) in [5, 5.41) is 19.0. The summed E-state index contributed by atoms with van der Waals surface area (Å²) in [6.07, 6.45) is 3.09. The third-order valence-electron chi connectivity index (χ3n) is 7.14. The number of nitrogens with zero attached hydrogens (tertiary/aromatic N) is 4. The van der Waals surface area contributed by atoms with Gasteiger partial charge in [-0.15, -0.1) is 0 Å². The van der Waals surface area contributed by atoms with E-state index in [1.54, 1.807) is 37.3 Å². The van der Waals surface area contributed by atoms with Crippen LogP contribution in [-0.2, 0) is 4.74 Å². The van der Waals surface area contributed by atoms with E-state index in [9.17, 15) is 24.8 Å². The Morgan fingerprint density at radius 1 is 1.32 bits per heavy atom. The molecular formula is C27H33FN4O6. The van der Waals surface area contributed by atoms with E-state index in [2.05, 4.69) is 6.07 Å². The van der Waals surface area contributed by atoms with E-state index in [-0.39, 0.29) is 35.2 Å². The standard InChI is InChI=1S/C27H33FN4O6/c1-27(2,3)38-26(36)30(4)20(8-10-29)15-9-11-31(13-15)22-19(28)12-17-21(24(22)37-5)32(16-6-7-16)14-18(23(17)33)25(34)35/h12,14-16,20H,6-9,11,13H2,1-5H3,(H,34,35). The van der Waals surface area contributed by atoms with E-state index in [0.717, 1.165) is 18.9 Å². The van der Waals surface area contributed by atoms with Gasteiger partial charge < -0.3 is 28.9 Å². The maximum absolute atomic E-state index is 15.7. The number of nitriles is 1. The van der Waals surface area contributed by atoms with Crippen molar-refractivity contribution in [3.63, 3.8) is 0 Å². The minimum Gasteiger partial charge on any atom is -0.492 e. The predicted octanol–water partition coefficient (Wildman–Crippen LogP) is 4.16. The minimum atomic E-state index is -1.37. The fraction of sp³-hybridized carbons (Fsp3) is 0.556. The molecule has 0 bridgehead atoms. The van der Waals surface area contributed by atoms with Crippen LogP contribution >= 0.6 is 0 Å². The molecule has 2 unspecified atom stereocenters. The van der Waals surface area contributed by atoms with Gasteiger partial charge in [-0.1, -0.05) is 0 Å². The highest BCUT2D eigenvalue weighted by Gasteiger charge is 2.38. The van der Waals surface area contributed by atoms with Gasteiger partial charge in [-0.05, 0) is 52.0 Å². The van der Waals surface area contributed by atoms with Crippen LogP contribution in [0.25, 0.3) is 10.9 Å². The van der Waals surface area contributed by atoms with E-state index in [1.165, 1.54) is 18.2 Å². The Bertz CT molecular complexity index is 1370. The van der Waals surface area contributed by atoms with Crippen molar-refractivity contribution in [1.29, 1.82) is 5.26 Å². The summed E-state index contributed by atoms with van der Waals surface area (Å²) >= 11 is 0. The number of aromatic carboxylic acids is 1. The summed E-state index contributed by atoms with van der Waals surface area (Å²) in [5.41, 5.74) is -1.33. The van der Waals surface area contributed by atoms with E-state index in [0.29, 0.717) is 25.0 Å². The molecule has 11 heteroatoms. The number of pyridine rings is 1. The lowest BCUT2D eigenvalue weighted by Crippen LogP contribution is -2.45. The molecule has 2 fully saturated rings. The average molecular weight is 529 g/mol. The first-order chi connectivity index (χ1) is 17.9. The number of carboxylic acids is 1. The number of aromatic nitrogens is 1. The first-order valence-corrected chi connectivity index (χ1v) is 12.6. The summed E-state index contributed by atoms with van der Waals surface area (Å²) in [5.74, 6) is -2.05. The number of amides is 1. The van der Waals surface area contributed by atoms with Crippen LogP contribution in [0.3, 0.4) is 0 Å². The third kappa shape index (κ3) is 5.12. The van der Waals surface area contributed by atoms with Crippen molar-refractivity contribution in [1.82, 2.24) is 9.47 Å². The highest BCUT2D eigenvalue weighted by atomic mass is 19.1. The van der Waals surface area contributed by atoms with Crippen LogP contribution in [-0.4, -0.2) is 65.5 Å². The molecule has 1 saturated carbocycles. The number of hydrogen-bond donors (Lipinski definition) is 1. The van der Waals surface area contributed by atoms with Crippen molar-refractivity contribution in [3.05, 3.63) is 33.9 Å². The summed E-state index contributed by atoms with van der Waals surface area (Å²) in [7, 11) is 3.00. The number of carbonyl (C=O) groups excluding carboxylic acids is 1. The Hall–Kier alpha value is -3.81. The monoisotopic (exact) mass is 528 g/mol. The van der Waals surface area contributed by atoms with Gasteiger partial charge in [0.1, 0.15) is 16.9 Å². The fourth-order valence-corrected chi connectivity index (χ4v) is 5.21. The Morgan fingerprint density at radius 3 is 2.55 bits per heavy atom. The summed E-state index contributed by atoms with van der Waals surface area (Å²) in [6, 6.07) is 2.79. The molecule has 1 N–H and O–H groups in total. The lowest BCUT2D eigenvalue weighted by atomic mass is 9.95. The molecule has 4 rings (SSSR count). The number of carboxylic acid groups (broad SMARTS) is 1. The minimum absolute atomic E-state index is 0.00257. The lowest BCUT2D eigenvalue weighted by molar-refractivity contribution is 0.0177. The Labute approximate surface area is 220 Å². The summed E-state index contributed by atoms with van der Waals surface area (Å²) in [6.45, 7) is 6.09. The van der Waals surface area contributed by atoms with Crippen molar-refractivity contribution in [3.8, 4) is 11.8 Å². The topological polar surface area (TPSA) is 125 Å². The molecule has 204 valence electrons. The van der Waals surface area contributed by atoms with Gasteiger partial charge in [0.25, 0.3) is 0 Å². The molecule has 1 amide bonds. The molecule has 2 aromatic rings. The van der Waals surface area contributed by atoms with Gasteiger partial charge in [0.15, 0.2) is 11.6 Å². The van der Waals surface area contributed by atoms with Gasteiger partial charge in [-0.3, -0.25) is 4.79 Å². The normalized spacial score (nSPS) is 18.2. The smallest absolute Gasteiger partial charge is 0.410 e. The van der Waals surface area contributed by atoms with Crippen molar-refractivity contribution in [2.24, 2.45) is 5.92 Å². The first kappa shape index (κ1) is 27.2. The Kier molecular flexibility index (Phi) is 7.28. The van der Waals surface area contributed by atoms with Gasteiger partial charge >= 0.3 is 12.1 Å². The third-order valence-corrected chi connectivity index (χ3v) is 7.14. The molecule has 38 heavy (non-hydrogen) atoms. The zero-order valence-electron chi connectivity index (χ0n) is 22.3. The molecule has 1 aromatic carbocycles. The molecule has 1 aliphatic heterocycles. The fourth-order valence-electron chi connectivity index (χ4n) is 5.21. The number of fused-ring (bicyclic) bond motifs is 1. The number of benzene rings is 1. The van der Waals surface area contributed by atoms with Gasteiger partial charge in [0.05, 0.1) is 36.5 Å². The Morgan fingerprint density at radius 2 is 2.00 bits per heavy atom. The summed E-state index contributed by atoms with van der Waals surface area (Å²) in [4.78, 5) is 40.6. The molecule has 1 saturated heterocycles. The highest BCUT2D eigenvalue weighted by molar-refractivity contribution is 5.97. The number of anilines is 1. The molecule has 0 spiro atoms. The molecular weight excluding hydrogens is 495 g/mol. The first-order valence-electron chi connectivity index (χ1n) is 12.6. The van der Waals surface area contributed by atoms with Crippen LogP contribution in [0.15, 0.2) is 17.1 Å². The number of hydrogen-bond acceptors (Lipinski definition) is 7. The van der Waals surface area contributed by atoms with E-state index >= 15 is 4.39 Å². The second kappa shape index (κ2) is 10.2. The van der Waals surface area contributed by atoms with Crippen LogP contribution in [0.4, 0.5) is 14.9 Å². The molecule has 0 radical (unpaired) electrons. The number of carbonyl (C=O) groups is 2. The zero-order chi connectivity index (χ0) is 27.9. The number of ether oxygens (including phenoxy) is 2. The van der Waals surface area contributed by atoms with Crippen molar-refractivity contribution >= 4 is 28.7 Å². The average Bonchev–Trinajstić information content (AvgIpc) is 3.57. The molecule has 2 atom stereocenters. The maximum Gasteiger partial charge on any atom is 0.410 e. The van der Waals surface area contributed by atoms with Gasteiger partial charge in [-0.25, -0.2) is 14.0 Å². The zero-order valence-corrected chi connectivity index (χ0v) is 22.3. The Balaban J connectivity index is 1.73. The number of halogens is 1. The quantitative estimate of drug-likeness (QED) is 0.568.